The SMILES string of the molecule is Cc1ncnc(C(=O)N2CCC3(c4c(n(CC(=O)Nc5ccc(C(F)(F)F)cc5Cl)c5nc(C6=CCOCC6)nn5c4=O)C4=CC43)C(F)C2)c1O. The number of hydrogen-bond donors (Lipinski definition) is 2. The molecule has 5 heterocycles. The Morgan fingerprint density at radius 2 is 2.04 bits per heavy atom. The van der Waals surface area contributed by atoms with Crippen molar-refractivity contribution in [3.05, 3.63) is 86.1 Å². The minimum Gasteiger partial charge on any atom is -0.504 e. The Labute approximate surface area is 290 Å². The summed E-state index contributed by atoms with van der Waals surface area (Å²) in [6.45, 7) is 1.37. The predicted octanol–water partition coefficient (Wildman–Crippen LogP) is 3.96. The van der Waals surface area contributed by atoms with Gasteiger partial charge in [0, 0.05) is 17.9 Å². The van der Waals surface area contributed by atoms with E-state index in [1.807, 2.05) is 0 Å². The lowest BCUT2D eigenvalue weighted by molar-refractivity contribution is -0.137. The van der Waals surface area contributed by atoms with Crippen LogP contribution < -0.4 is 10.9 Å². The first-order chi connectivity index (χ1) is 24.3. The molecule has 4 aliphatic rings. The number of alkyl halides is 4. The van der Waals surface area contributed by atoms with Crippen molar-refractivity contribution >= 4 is 46.0 Å². The standard InChI is InChI=1S/C33H27ClF4N8O5/c1-15-27(48)25(40-14-39-15)30(50)44-7-6-32(22(35)12-44)19-11-18(19)26-24(32)29(49)46-31(42-28(43-46)16-4-8-51-9-5-16)45(26)13-23(47)41-21-3-2-17(10-20(21)34)33(36,37)38/h2-4,10-11,14,19,22,48H,5-9,12-13H2,1H3,(H,41,47). The van der Waals surface area contributed by atoms with Crippen LogP contribution in [0.25, 0.3) is 16.9 Å². The lowest BCUT2D eigenvalue weighted by Crippen LogP contribution is -2.56. The van der Waals surface area contributed by atoms with Crippen molar-refractivity contribution in [1.82, 2.24) is 34.0 Å². The van der Waals surface area contributed by atoms with Crippen molar-refractivity contribution in [2.24, 2.45) is 5.92 Å². The quantitative estimate of drug-likeness (QED) is 0.291. The molecule has 1 fully saturated rings. The molecule has 1 saturated heterocycles. The Bertz CT molecular complexity index is 2300. The molecule has 18 heteroatoms. The Hall–Kier alpha value is -5.16. The molecule has 4 aromatic rings. The monoisotopic (exact) mass is 726 g/mol. The number of carbonyl (C=O) groups is 2. The molecule has 8 rings (SSSR count). The topological polar surface area (TPSA) is 157 Å². The van der Waals surface area contributed by atoms with Crippen LogP contribution in [0.5, 0.6) is 5.75 Å². The Morgan fingerprint density at radius 3 is 2.75 bits per heavy atom. The molecule has 51 heavy (non-hydrogen) atoms. The third-order valence-corrected chi connectivity index (χ3v) is 10.3. The summed E-state index contributed by atoms with van der Waals surface area (Å²) in [7, 11) is 0. The number of amides is 2. The predicted molar refractivity (Wildman–Crippen MR) is 173 cm³/mol. The number of nitrogens with one attached hydrogen (secondary N) is 1. The van der Waals surface area contributed by atoms with E-state index in [0.29, 0.717) is 42.5 Å². The van der Waals surface area contributed by atoms with E-state index in [1.54, 1.807) is 12.2 Å². The summed E-state index contributed by atoms with van der Waals surface area (Å²) < 4.78 is 64.4. The van der Waals surface area contributed by atoms with Gasteiger partial charge in [-0.2, -0.15) is 22.7 Å². The van der Waals surface area contributed by atoms with Crippen LogP contribution in [-0.4, -0.2) is 83.4 Å². The Morgan fingerprint density at radius 1 is 1.24 bits per heavy atom. The van der Waals surface area contributed by atoms with Gasteiger partial charge in [0.25, 0.3) is 11.5 Å². The van der Waals surface area contributed by atoms with Crippen LogP contribution in [-0.2, 0) is 27.7 Å². The maximum absolute atomic E-state index is 16.8. The maximum Gasteiger partial charge on any atom is 0.416 e. The molecule has 2 amide bonds. The number of benzene rings is 1. The highest BCUT2D eigenvalue weighted by atomic mass is 35.5. The third-order valence-electron chi connectivity index (χ3n) is 9.96. The van der Waals surface area contributed by atoms with Gasteiger partial charge in [0.15, 0.2) is 17.3 Å². The first-order valence-corrected chi connectivity index (χ1v) is 16.3. The second-order valence-electron chi connectivity index (χ2n) is 12.8. The largest absolute Gasteiger partial charge is 0.504 e. The number of ether oxygens (including phenoxy) is 1. The molecular weight excluding hydrogens is 700 g/mol. The molecule has 0 saturated carbocycles. The van der Waals surface area contributed by atoms with Gasteiger partial charge >= 0.3 is 6.18 Å². The minimum absolute atomic E-state index is 0.0102. The fourth-order valence-electron chi connectivity index (χ4n) is 7.37. The molecule has 0 bridgehead atoms. The van der Waals surface area contributed by atoms with E-state index in [9.17, 15) is 32.7 Å². The highest BCUT2D eigenvalue weighted by molar-refractivity contribution is 6.33. The number of aryl methyl sites for hydroxylation is 1. The van der Waals surface area contributed by atoms with Gasteiger partial charge in [-0.25, -0.2) is 14.4 Å². The molecule has 13 nitrogen and oxygen atoms in total. The van der Waals surface area contributed by atoms with E-state index in [0.717, 1.165) is 23.0 Å². The molecular formula is C33H27ClF4N8O5. The van der Waals surface area contributed by atoms with Crippen LogP contribution in [0.3, 0.4) is 0 Å². The van der Waals surface area contributed by atoms with Gasteiger partial charge in [0.05, 0.1) is 53.0 Å². The zero-order valence-electron chi connectivity index (χ0n) is 26.7. The fourth-order valence-corrected chi connectivity index (χ4v) is 7.60. The van der Waals surface area contributed by atoms with Crippen molar-refractivity contribution in [2.75, 3.05) is 31.6 Å². The third kappa shape index (κ3) is 5.20. The van der Waals surface area contributed by atoms with E-state index < -0.39 is 65.5 Å². The maximum atomic E-state index is 16.8. The van der Waals surface area contributed by atoms with E-state index in [-0.39, 0.29) is 52.2 Å². The molecule has 3 atom stereocenters. The zero-order valence-corrected chi connectivity index (χ0v) is 27.4. The van der Waals surface area contributed by atoms with Gasteiger partial charge in [0.1, 0.15) is 19.0 Å². The van der Waals surface area contributed by atoms with Crippen molar-refractivity contribution in [3.63, 3.8) is 0 Å². The number of aromatic nitrogens is 6. The fraction of sp³-hybridized carbons (Fsp3) is 0.364. The van der Waals surface area contributed by atoms with Crippen LogP contribution in [0.2, 0.25) is 5.02 Å². The molecule has 0 radical (unpaired) electrons. The average molecular weight is 727 g/mol. The highest BCUT2D eigenvalue weighted by Crippen LogP contribution is 2.63. The molecule has 2 N–H and O–H groups in total. The van der Waals surface area contributed by atoms with Crippen LogP contribution in [0.4, 0.5) is 23.2 Å². The van der Waals surface area contributed by atoms with E-state index in [2.05, 4.69) is 25.4 Å². The summed E-state index contributed by atoms with van der Waals surface area (Å²) in [5.74, 6) is -2.06. The molecule has 3 aromatic heterocycles. The number of fused-ring (bicyclic) bond motifs is 6. The number of allylic oxidation sites excluding steroid dienone is 2. The summed E-state index contributed by atoms with van der Waals surface area (Å²) in [5.41, 5.74) is -1.39. The van der Waals surface area contributed by atoms with E-state index in [4.69, 9.17) is 16.3 Å². The van der Waals surface area contributed by atoms with E-state index in [1.165, 1.54) is 16.4 Å². The van der Waals surface area contributed by atoms with Crippen LogP contribution in [0.1, 0.15) is 51.7 Å². The molecule has 1 spiro atoms. The minimum atomic E-state index is -4.64. The number of hydrogen-bond acceptors (Lipinski definition) is 9. The summed E-state index contributed by atoms with van der Waals surface area (Å²) in [6.07, 6.45) is -1.18. The number of carbonyl (C=O) groups excluding carboxylic acids is 2. The van der Waals surface area contributed by atoms with Crippen molar-refractivity contribution in [1.29, 1.82) is 0 Å². The first-order valence-electron chi connectivity index (χ1n) is 15.9. The highest BCUT2D eigenvalue weighted by Gasteiger charge is 2.64. The number of piperidine rings is 1. The van der Waals surface area contributed by atoms with Crippen LogP contribution in [0, 0.1) is 12.8 Å². The number of aromatic hydroxyl groups is 1. The van der Waals surface area contributed by atoms with Crippen molar-refractivity contribution in [3.8, 4) is 5.75 Å². The van der Waals surface area contributed by atoms with Gasteiger partial charge in [-0.3, -0.25) is 14.4 Å². The van der Waals surface area contributed by atoms with Gasteiger partial charge in [0.2, 0.25) is 11.7 Å². The van der Waals surface area contributed by atoms with Crippen molar-refractivity contribution < 1.29 is 37.0 Å². The molecule has 264 valence electrons. The first kappa shape index (κ1) is 33.0. The van der Waals surface area contributed by atoms with Gasteiger partial charge < -0.3 is 24.6 Å². The zero-order chi connectivity index (χ0) is 36.0. The van der Waals surface area contributed by atoms with Gasteiger partial charge in [-0.05, 0) is 49.1 Å². The number of rotatable bonds is 5. The lowest BCUT2D eigenvalue weighted by Gasteiger charge is -2.43. The second kappa shape index (κ2) is 11.7. The summed E-state index contributed by atoms with van der Waals surface area (Å²) in [5, 5.41) is 17.1. The number of anilines is 1. The molecule has 1 aromatic carbocycles. The normalized spacial score (nSPS) is 22.4. The molecule has 3 unspecified atom stereocenters. The van der Waals surface area contributed by atoms with Crippen LogP contribution >= 0.6 is 11.6 Å². The average Bonchev–Trinajstić information content (AvgIpc) is 3.67. The smallest absolute Gasteiger partial charge is 0.416 e. The van der Waals surface area contributed by atoms with Crippen molar-refractivity contribution in [2.45, 2.75) is 44.1 Å². The van der Waals surface area contributed by atoms with Crippen LogP contribution in [0.15, 0.2) is 41.5 Å². The summed E-state index contributed by atoms with van der Waals surface area (Å²) >= 11 is 6.11. The lowest BCUT2D eigenvalue weighted by atomic mass is 9.69. The Balaban J connectivity index is 1.19. The number of likely N-dealkylation sites (tertiary alicyclic amines) is 1. The van der Waals surface area contributed by atoms with E-state index >= 15 is 4.39 Å². The number of halogens is 5. The summed E-state index contributed by atoms with van der Waals surface area (Å²) in [6, 6.07) is 2.54. The molecule has 2 aliphatic carbocycles. The summed E-state index contributed by atoms with van der Waals surface area (Å²) in [4.78, 5) is 54.9. The number of nitrogens with zero attached hydrogens (tertiary/aromatic N) is 7. The Kier molecular flexibility index (Phi) is 7.57. The second-order valence-corrected chi connectivity index (χ2v) is 13.2. The molecule has 2 aliphatic heterocycles. The van der Waals surface area contributed by atoms with Gasteiger partial charge in [-0.15, -0.1) is 5.10 Å². The van der Waals surface area contributed by atoms with Gasteiger partial charge in [-0.1, -0.05) is 23.8 Å².